The molecule has 16 nitrogen and oxygen atoms in total. The van der Waals surface area contributed by atoms with Crippen molar-refractivity contribution in [3.8, 4) is 0 Å². The zero-order valence-electron chi connectivity index (χ0n) is 25.3. The Morgan fingerprint density at radius 2 is 1.73 bits per heavy atom. The molecule has 0 spiro atoms. The Hall–Kier alpha value is -4.82. The topological polar surface area (TPSA) is 214 Å². The lowest BCUT2D eigenvalue weighted by atomic mass is 9.94. The van der Waals surface area contributed by atoms with Crippen LogP contribution in [0.15, 0.2) is 82.3 Å². The van der Waals surface area contributed by atoms with Crippen molar-refractivity contribution in [3.05, 3.63) is 89.3 Å². The largest absolute Gasteiger partial charge is 0.477 e. The van der Waals surface area contributed by atoms with Gasteiger partial charge in [-0.1, -0.05) is 65.2 Å². The molecule has 0 bridgehead atoms. The first-order valence-electron chi connectivity index (χ1n) is 14.7. The van der Waals surface area contributed by atoms with Crippen LogP contribution in [0.3, 0.4) is 0 Å². The second kappa shape index (κ2) is 14.3. The van der Waals surface area contributed by atoms with Gasteiger partial charge in [0.2, 0.25) is 11.6 Å². The van der Waals surface area contributed by atoms with Gasteiger partial charge in [-0.15, -0.1) is 28.6 Å². The van der Waals surface area contributed by atoms with Crippen molar-refractivity contribution < 1.29 is 39.1 Å². The summed E-state index contributed by atoms with van der Waals surface area (Å²) in [6.45, 7) is 0.112. The van der Waals surface area contributed by atoms with Crippen molar-refractivity contribution >= 4 is 70.7 Å². The molecule has 1 aromatic heterocycles. The molecule has 1 unspecified atom stereocenters. The molecule has 6 amide bonds. The third kappa shape index (κ3) is 6.62. The van der Waals surface area contributed by atoms with E-state index in [4.69, 9.17) is 0 Å². The lowest BCUT2D eigenvalue weighted by Crippen LogP contribution is -2.85. The number of aliphatic carboxylic acids is 1. The predicted octanol–water partition coefficient (Wildman–Crippen LogP) is 0.997. The summed E-state index contributed by atoms with van der Waals surface area (Å²) in [5, 5.41) is 28.0. The van der Waals surface area contributed by atoms with E-state index in [2.05, 4.69) is 20.2 Å². The van der Waals surface area contributed by atoms with Gasteiger partial charge in [0.05, 0.1) is 6.20 Å². The van der Waals surface area contributed by atoms with E-state index < -0.39 is 52.7 Å². The van der Waals surface area contributed by atoms with Crippen LogP contribution < -0.4 is 16.1 Å². The Kier molecular flexibility index (Phi) is 9.97. The van der Waals surface area contributed by atoms with Crippen molar-refractivity contribution in [1.29, 1.82) is 0 Å². The lowest BCUT2D eigenvalue weighted by molar-refractivity contribution is -0.171. The summed E-state index contributed by atoms with van der Waals surface area (Å²) in [6.07, 6.45) is 1.54. The van der Waals surface area contributed by atoms with Gasteiger partial charge < -0.3 is 25.8 Å². The molecule has 2 fully saturated rings. The Labute approximate surface area is 291 Å². The normalized spacial score (nSPS) is 21.2. The predicted molar refractivity (Wildman–Crippen MR) is 175 cm³/mol. The first-order chi connectivity index (χ1) is 23.6. The minimum atomic E-state index is -2.14. The maximum atomic E-state index is 13.9. The fourth-order valence-electron chi connectivity index (χ4n) is 5.59. The number of β-lactam (4-membered cyclic amide) rings is 1. The summed E-state index contributed by atoms with van der Waals surface area (Å²) >= 11 is 3.58. The van der Waals surface area contributed by atoms with Gasteiger partial charge in [0.15, 0.2) is 0 Å². The summed E-state index contributed by atoms with van der Waals surface area (Å²) < 4.78 is 4.54. The van der Waals surface area contributed by atoms with Gasteiger partial charge in [-0.2, -0.15) is 5.48 Å². The standard InChI is InChI=1S/C30H28N8O8S3/c39-23(33-30(34-46)27(44)38-22(26(42)43)19(16-48-28(30)38)15-47-20-13-31-35-49-20)21(18-9-5-2-6-10-18)32-29(45)37-12-11-36(24(40)25(37)41)14-17-7-3-1-4-8-17/h1-10,13,21,28,34,46H,11-12,14-16H2,(H,32,45)(H,33,39)(H,42,43)/t21?,28-,30+/m1/s1. The highest BCUT2D eigenvalue weighted by molar-refractivity contribution is 8.01. The van der Waals surface area contributed by atoms with E-state index in [9.17, 15) is 39.1 Å². The van der Waals surface area contributed by atoms with E-state index in [1.54, 1.807) is 36.5 Å². The Bertz CT molecular complexity index is 1810. The molecular weight excluding hydrogens is 697 g/mol. The van der Waals surface area contributed by atoms with E-state index in [0.29, 0.717) is 10.5 Å². The number of hydrogen-bond donors (Lipinski definition) is 5. The van der Waals surface area contributed by atoms with Gasteiger partial charge in [0.1, 0.15) is 21.3 Å². The number of hydroxylamine groups is 1. The van der Waals surface area contributed by atoms with Crippen molar-refractivity contribution in [2.45, 2.75) is 27.8 Å². The highest BCUT2D eigenvalue weighted by Gasteiger charge is 2.66. The quantitative estimate of drug-likeness (QED) is 0.0615. The average molecular weight is 725 g/mol. The Morgan fingerprint density at radius 1 is 1.02 bits per heavy atom. The summed E-state index contributed by atoms with van der Waals surface area (Å²) in [5.41, 5.74) is 1.00. The molecule has 2 saturated heterocycles. The van der Waals surface area contributed by atoms with Crippen LogP contribution in [-0.4, -0.2) is 106 Å². The van der Waals surface area contributed by atoms with Crippen LogP contribution in [0.1, 0.15) is 17.2 Å². The van der Waals surface area contributed by atoms with Gasteiger partial charge in [-0.25, -0.2) is 9.59 Å². The monoisotopic (exact) mass is 724 g/mol. The minimum Gasteiger partial charge on any atom is -0.477 e. The van der Waals surface area contributed by atoms with Crippen LogP contribution >= 0.6 is 35.1 Å². The smallest absolute Gasteiger partial charge is 0.352 e. The molecule has 19 heteroatoms. The van der Waals surface area contributed by atoms with E-state index in [1.165, 1.54) is 28.8 Å². The summed E-state index contributed by atoms with van der Waals surface area (Å²) in [5.74, 6) is -4.79. The number of nitrogens with one attached hydrogen (secondary N) is 3. The van der Waals surface area contributed by atoms with Crippen molar-refractivity contribution in [3.63, 3.8) is 0 Å². The number of nitrogens with zero attached hydrogens (tertiary/aromatic N) is 5. The number of thioether (sulfide) groups is 2. The minimum absolute atomic E-state index is 0.0664. The zero-order chi connectivity index (χ0) is 34.7. The number of benzene rings is 2. The van der Waals surface area contributed by atoms with Crippen LogP contribution in [-0.2, 0) is 30.5 Å². The van der Waals surface area contributed by atoms with Gasteiger partial charge >= 0.3 is 23.8 Å². The Balaban J connectivity index is 1.18. The van der Waals surface area contributed by atoms with Crippen LogP contribution in [0, 0.1) is 0 Å². The van der Waals surface area contributed by atoms with Gasteiger partial charge in [-0.3, -0.25) is 29.0 Å². The number of amides is 6. The van der Waals surface area contributed by atoms with Gasteiger partial charge in [0.25, 0.3) is 5.91 Å². The molecule has 3 aromatic rings. The first kappa shape index (κ1) is 34.1. The first-order valence-corrected chi connectivity index (χ1v) is 17.5. The molecule has 5 N–H and O–H groups in total. The fraction of sp³-hybridized carbons (Fsp3) is 0.267. The van der Waals surface area contributed by atoms with Crippen molar-refractivity contribution in [1.82, 2.24) is 40.4 Å². The molecule has 254 valence electrons. The highest BCUT2D eigenvalue weighted by atomic mass is 32.2. The van der Waals surface area contributed by atoms with E-state index in [-0.39, 0.29) is 42.4 Å². The SMILES string of the molecule is O=C(O)C1=C(CSc2cnns2)CS[C@H]2N1C(=O)[C@@]2(NO)NC(=O)C(NC(=O)N1CCN(Cc2ccccc2)C(=O)C1=O)c1ccccc1. The second-order valence-corrected chi connectivity index (χ2v) is 14.1. The molecular formula is C30H28N8O8S3. The molecule has 0 aliphatic carbocycles. The van der Waals surface area contributed by atoms with E-state index >= 15 is 0 Å². The third-order valence-electron chi connectivity index (χ3n) is 8.01. The maximum absolute atomic E-state index is 13.9. The van der Waals surface area contributed by atoms with Crippen LogP contribution in [0.25, 0.3) is 0 Å². The van der Waals surface area contributed by atoms with Crippen LogP contribution in [0.2, 0.25) is 0 Å². The molecule has 4 heterocycles. The number of carboxylic acids is 1. The van der Waals surface area contributed by atoms with Crippen LogP contribution in [0.4, 0.5) is 4.79 Å². The Morgan fingerprint density at radius 3 is 2.39 bits per heavy atom. The number of fused-ring (bicyclic) bond motifs is 1. The summed E-state index contributed by atoms with van der Waals surface area (Å²) in [6, 6.07) is 14.5. The number of rotatable bonds is 11. The molecule has 3 atom stereocenters. The maximum Gasteiger partial charge on any atom is 0.352 e. The number of carbonyl (C=O) groups is 6. The summed E-state index contributed by atoms with van der Waals surface area (Å²) in [4.78, 5) is 82.3. The number of imide groups is 1. The summed E-state index contributed by atoms with van der Waals surface area (Å²) in [7, 11) is 0. The highest BCUT2D eigenvalue weighted by Crippen LogP contribution is 2.46. The molecule has 49 heavy (non-hydrogen) atoms. The molecule has 2 aromatic carbocycles. The number of urea groups is 1. The third-order valence-corrected chi connectivity index (χ3v) is 11.3. The molecule has 6 rings (SSSR count). The van der Waals surface area contributed by atoms with Gasteiger partial charge in [0, 0.05) is 31.1 Å². The number of carboxylic acid groups (broad SMARTS) is 1. The molecule has 0 saturated carbocycles. The fourth-order valence-corrected chi connectivity index (χ4v) is 8.57. The van der Waals surface area contributed by atoms with Gasteiger partial charge in [-0.05, 0) is 28.2 Å². The van der Waals surface area contributed by atoms with E-state index in [1.807, 2.05) is 23.7 Å². The number of aromatic nitrogens is 2. The zero-order valence-corrected chi connectivity index (χ0v) is 27.8. The lowest BCUT2D eigenvalue weighted by Gasteiger charge is -2.56. The van der Waals surface area contributed by atoms with Crippen LogP contribution in [0.5, 0.6) is 0 Å². The van der Waals surface area contributed by atoms with E-state index in [0.717, 1.165) is 38.0 Å². The van der Waals surface area contributed by atoms with Crippen molar-refractivity contribution in [2.75, 3.05) is 24.6 Å². The number of carbonyl (C=O) groups excluding carboxylic acids is 5. The number of piperazine rings is 1. The van der Waals surface area contributed by atoms with Crippen molar-refractivity contribution in [2.24, 2.45) is 0 Å². The second-order valence-electron chi connectivity index (χ2n) is 11.0. The average Bonchev–Trinajstić information content (AvgIpc) is 3.64. The number of hydrogen-bond acceptors (Lipinski definition) is 13. The molecule has 0 radical (unpaired) electrons. The molecule has 3 aliphatic rings. The molecule has 3 aliphatic heterocycles.